The summed E-state index contributed by atoms with van der Waals surface area (Å²) in [5.74, 6) is 1.14. The summed E-state index contributed by atoms with van der Waals surface area (Å²) in [7, 11) is 0. The third-order valence-electron chi connectivity index (χ3n) is 3.87. The maximum Gasteiger partial charge on any atom is 0.276 e. The van der Waals surface area contributed by atoms with Crippen molar-refractivity contribution in [1.29, 1.82) is 0 Å². The molecule has 0 atom stereocenters. The molecule has 0 unspecified atom stereocenters. The van der Waals surface area contributed by atoms with Crippen molar-refractivity contribution in [3.63, 3.8) is 0 Å². The van der Waals surface area contributed by atoms with Gasteiger partial charge in [-0.1, -0.05) is 23.2 Å². The minimum absolute atomic E-state index is 0.273. The number of aryl methyl sites for hydroxylation is 1. The smallest absolute Gasteiger partial charge is 0.276 e. The monoisotopic (exact) mass is 390 g/mol. The molecule has 8 heteroatoms. The number of pyridine rings is 1. The van der Waals surface area contributed by atoms with E-state index < -0.39 is 0 Å². The fraction of sp³-hybridized carbons (Fsp3) is 0.118. The van der Waals surface area contributed by atoms with Crippen molar-refractivity contribution in [3.8, 4) is 5.69 Å². The van der Waals surface area contributed by atoms with Gasteiger partial charge in [0.2, 0.25) is 0 Å². The van der Waals surface area contributed by atoms with Crippen LogP contribution in [-0.2, 0) is 5.75 Å². The predicted octanol–water partition coefficient (Wildman–Crippen LogP) is 4.74. The Hall–Kier alpha value is -2.02. The standard InChI is InChI=1S/C17H12Cl2N4OS/c1-9-21-16(17(24)22-11-4-5-20-15(19)7-11)13-8-25-14-3-2-10(18)6-12(14)23(9)13/h2-7H,8H2,1H3,(H,20,22,24). The zero-order valence-electron chi connectivity index (χ0n) is 13.1. The topological polar surface area (TPSA) is 59.8 Å². The van der Waals surface area contributed by atoms with Gasteiger partial charge in [-0.25, -0.2) is 9.97 Å². The van der Waals surface area contributed by atoms with Crippen molar-refractivity contribution in [3.05, 3.63) is 63.9 Å². The van der Waals surface area contributed by atoms with Crippen LogP contribution in [0.3, 0.4) is 0 Å². The van der Waals surface area contributed by atoms with Gasteiger partial charge in [-0.2, -0.15) is 0 Å². The SMILES string of the molecule is Cc1nc(C(=O)Nc2ccnc(Cl)c2)c2n1-c1cc(Cl)ccc1SC2. The number of amides is 1. The Balaban J connectivity index is 1.74. The molecule has 0 bridgehead atoms. The number of hydrogen-bond donors (Lipinski definition) is 1. The Morgan fingerprint density at radius 2 is 2.12 bits per heavy atom. The molecule has 1 aliphatic rings. The Morgan fingerprint density at radius 1 is 1.28 bits per heavy atom. The number of nitrogens with one attached hydrogen (secondary N) is 1. The van der Waals surface area contributed by atoms with Gasteiger partial charge in [0, 0.05) is 27.6 Å². The third-order valence-corrected chi connectivity index (χ3v) is 5.38. The van der Waals surface area contributed by atoms with Crippen LogP contribution in [0, 0.1) is 6.92 Å². The van der Waals surface area contributed by atoms with Crippen molar-refractivity contribution in [1.82, 2.24) is 14.5 Å². The zero-order chi connectivity index (χ0) is 17.6. The van der Waals surface area contributed by atoms with Crippen LogP contribution < -0.4 is 5.32 Å². The molecule has 3 heterocycles. The van der Waals surface area contributed by atoms with Crippen molar-refractivity contribution in [2.75, 3.05) is 5.32 Å². The fourth-order valence-electron chi connectivity index (χ4n) is 2.82. The van der Waals surface area contributed by atoms with E-state index in [-0.39, 0.29) is 5.91 Å². The van der Waals surface area contributed by atoms with Crippen LogP contribution in [0.15, 0.2) is 41.4 Å². The average Bonchev–Trinajstić information content (AvgIpc) is 2.92. The van der Waals surface area contributed by atoms with Crippen LogP contribution in [0.1, 0.15) is 22.0 Å². The molecule has 0 saturated carbocycles. The molecule has 0 fully saturated rings. The lowest BCUT2D eigenvalue weighted by atomic mass is 10.2. The van der Waals surface area contributed by atoms with E-state index in [1.807, 2.05) is 29.7 Å². The summed E-state index contributed by atoms with van der Waals surface area (Å²) in [6, 6.07) is 9.03. The Bertz CT molecular complexity index is 1000. The molecular weight excluding hydrogens is 379 g/mol. The van der Waals surface area contributed by atoms with E-state index in [1.54, 1.807) is 30.1 Å². The van der Waals surface area contributed by atoms with Crippen LogP contribution in [-0.4, -0.2) is 20.4 Å². The summed E-state index contributed by atoms with van der Waals surface area (Å²) in [6.07, 6.45) is 1.54. The van der Waals surface area contributed by atoms with Crippen molar-refractivity contribution < 1.29 is 4.79 Å². The first-order chi connectivity index (χ1) is 12.0. The first kappa shape index (κ1) is 16.4. The number of benzene rings is 1. The van der Waals surface area contributed by atoms with Crippen LogP contribution in [0.5, 0.6) is 0 Å². The number of nitrogens with zero attached hydrogens (tertiary/aromatic N) is 3. The molecule has 0 spiro atoms. The van der Waals surface area contributed by atoms with Gasteiger partial charge < -0.3 is 5.32 Å². The molecule has 1 N–H and O–H groups in total. The molecule has 0 aliphatic carbocycles. The maximum atomic E-state index is 12.7. The second-order valence-corrected chi connectivity index (χ2v) is 7.35. The van der Waals surface area contributed by atoms with E-state index in [0.29, 0.717) is 27.3 Å². The maximum absolute atomic E-state index is 12.7. The number of halogens is 2. The quantitative estimate of drug-likeness (QED) is 0.641. The minimum Gasteiger partial charge on any atom is -0.320 e. The van der Waals surface area contributed by atoms with E-state index in [0.717, 1.165) is 22.1 Å². The van der Waals surface area contributed by atoms with Gasteiger partial charge in [-0.05, 0) is 37.3 Å². The highest BCUT2D eigenvalue weighted by molar-refractivity contribution is 7.98. The summed E-state index contributed by atoms with van der Waals surface area (Å²) >= 11 is 13.7. The molecule has 0 saturated heterocycles. The van der Waals surface area contributed by atoms with Gasteiger partial charge in [0.05, 0.1) is 11.4 Å². The second kappa shape index (κ2) is 6.37. The van der Waals surface area contributed by atoms with Crippen LogP contribution in [0.4, 0.5) is 5.69 Å². The number of anilines is 1. The fourth-order valence-corrected chi connectivity index (χ4v) is 4.18. The molecule has 126 valence electrons. The van der Waals surface area contributed by atoms with Crippen LogP contribution in [0.2, 0.25) is 10.2 Å². The van der Waals surface area contributed by atoms with Crippen molar-refractivity contribution >= 4 is 46.6 Å². The summed E-state index contributed by atoms with van der Waals surface area (Å²) in [5, 5.41) is 3.79. The molecule has 1 aliphatic heterocycles. The number of hydrogen-bond acceptors (Lipinski definition) is 4. The number of rotatable bonds is 2. The molecule has 0 radical (unpaired) electrons. The molecule has 5 nitrogen and oxygen atoms in total. The summed E-state index contributed by atoms with van der Waals surface area (Å²) in [6.45, 7) is 1.88. The number of aromatic nitrogens is 3. The summed E-state index contributed by atoms with van der Waals surface area (Å²) < 4.78 is 1.99. The highest BCUT2D eigenvalue weighted by atomic mass is 35.5. The largest absolute Gasteiger partial charge is 0.320 e. The molecule has 1 aromatic carbocycles. The Kier molecular flexibility index (Phi) is 4.19. The molecule has 4 rings (SSSR count). The normalized spacial score (nSPS) is 12.4. The Labute approximate surface area is 158 Å². The average molecular weight is 391 g/mol. The van der Waals surface area contributed by atoms with Crippen molar-refractivity contribution in [2.45, 2.75) is 17.6 Å². The lowest BCUT2D eigenvalue weighted by Crippen LogP contribution is -2.16. The van der Waals surface area contributed by atoms with E-state index in [4.69, 9.17) is 23.2 Å². The molecule has 1 amide bonds. The van der Waals surface area contributed by atoms with Gasteiger partial charge in [-0.3, -0.25) is 9.36 Å². The molecule has 25 heavy (non-hydrogen) atoms. The molecular formula is C17H12Cl2N4OS. The highest BCUT2D eigenvalue weighted by Crippen LogP contribution is 2.38. The van der Waals surface area contributed by atoms with Gasteiger partial charge in [0.1, 0.15) is 11.0 Å². The van der Waals surface area contributed by atoms with Crippen LogP contribution in [0.25, 0.3) is 5.69 Å². The lowest BCUT2D eigenvalue weighted by Gasteiger charge is -2.20. The summed E-state index contributed by atoms with van der Waals surface area (Å²) in [4.78, 5) is 22.2. The number of thioether (sulfide) groups is 1. The summed E-state index contributed by atoms with van der Waals surface area (Å²) in [5.41, 5.74) is 2.80. The van der Waals surface area contributed by atoms with Gasteiger partial charge in [-0.15, -0.1) is 11.8 Å². The molecule has 3 aromatic rings. The first-order valence-corrected chi connectivity index (χ1v) is 9.21. The van der Waals surface area contributed by atoms with Crippen molar-refractivity contribution in [2.24, 2.45) is 0 Å². The number of fused-ring (bicyclic) bond motifs is 3. The predicted molar refractivity (Wildman–Crippen MR) is 100 cm³/mol. The minimum atomic E-state index is -0.273. The van der Waals surface area contributed by atoms with E-state index in [9.17, 15) is 4.79 Å². The van der Waals surface area contributed by atoms with E-state index >= 15 is 0 Å². The van der Waals surface area contributed by atoms with Crippen LogP contribution >= 0.6 is 35.0 Å². The Morgan fingerprint density at radius 3 is 2.92 bits per heavy atom. The van der Waals surface area contributed by atoms with E-state index in [1.165, 1.54) is 0 Å². The number of imidazole rings is 1. The van der Waals surface area contributed by atoms with E-state index in [2.05, 4.69) is 15.3 Å². The third kappa shape index (κ3) is 3.01. The van der Waals surface area contributed by atoms with Gasteiger partial charge in [0.25, 0.3) is 5.91 Å². The van der Waals surface area contributed by atoms with Gasteiger partial charge in [0.15, 0.2) is 5.69 Å². The highest BCUT2D eigenvalue weighted by Gasteiger charge is 2.26. The van der Waals surface area contributed by atoms with Gasteiger partial charge >= 0.3 is 0 Å². The zero-order valence-corrected chi connectivity index (χ0v) is 15.4. The molecule has 2 aromatic heterocycles. The number of carbonyl (C=O) groups excluding carboxylic acids is 1. The second-order valence-electron chi connectivity index (χ2n) is 5.51. The first-order valence-electron chi connectivity index (χ1n) is 7.47. The lowest BCUT2D eigenvalue weighted by molar-refractivity contribution is 0.102. The number of carbonyl (C=O) groups is 1.